The third kappa shape index (κ3) is 1.46. The third-order valence-corrected chi connectivity index (χ3v) is 2.65. The molecule has 1 unspecified atom stereocenters. The third-order valence-electron chi connectivity index (χ3n) is 2.07. The van der Waals surface area contributed by atoms with E-state index in [1.807, 2.05) is 0 Å². The van der Waals surface area contributed by atoms with Gasteiger partial charge in [0, 0.05) is 13.0 Å². The van der Waals surface area contributed by atoms with Gasteiger partial charge in [0.05, 0.1) is 18.3 Å². The highest BCUT2D eigenvalue weighted by Crippen LogP contribution is 2.33. The van der Waals surface area contributed by atoms with Crippen LogP contribution in [-0.4, -0.2) is 21.5 Å². The van der Waals surface area contributed by atoms with Crippen LogP contribution in [0.1, 0.15) is 25.0 Å². The number of aromatic nitrogens is 2. The SMILES string of the molecule is CC(O)c1c(Br)nn2c1OCCC2. The Labute approximate surface area is 84.6 Å². The zero-order chi connectivity index (χ0) is 9.42. The molecule has 72 valence electrons. The summed E-state index contributed by atoms with van der Waals surface area (Å²) in [6.45, 7) is 3.28. The Bertz CT molecular complexity index is 322. The molecule has 0 spiro atoms. The molecule has 1 aromatic rings. The molecule has 0 bridgehead atoms. The van der Waals surface area contributed by atoms with Crippen molar-refractivity contribution in [3.8, 4) is 5.88 Å². The molecule has 5 heteroatoms. The number of aryl methyl sites for hydroxylation is 1. The molecule has 2 rings (SSSR count). The maximum Gasteiger partial charge on any atom is 0.218 e. The number of halogens is 1. The summed E-state index contributed by atoms with van der Waals surface area (Å²) in [6.07, 6.45) is 0.427. The Morgan fingerprint density at radius 1 is 1.69 bits per heavy atom. The maximum absolute atomic E-state index is 9.49. The lowest BCUT2D eigenvalue weighted by Gasteiger charge is -2.16. The van der Waals surface area contributed by atoms with Crippen LogP contribution in [0.25, 0.3) is 0 Å². The van der Waals surface area contributed by atoms with Gasteiger partial charge in [-0.25, -0.2) is 4.68 Å². The summed E-state index contributed by atoms with van der Waals surface area (Å²) < 4.78 is 7.91. The Hall–Kier alpha value is -0.550. The number of hydrogen-bond donors (Lipinski definition) is 1. The Balaban J connectivity index is 2.48. The first-order valence-corrected chi connectivity index (χ1v) is 5.06. The Morgan fingerprint density at radius 3 is 3.15 bits per heavy atom. The van der Waals surface area contributed by atoms with E-state index in [0.29, 0.717) is 17.1 Å². The molecular formula is C8H11BrN2O2. The molecule has 4 nitrogen and oxygen atoms in total. The van der Waals surface area contributed by atoms with Crippen molar-refractivity contribution in [3.05, 3.63) is 10.2 Å². The smallest absolute Gasteiger partial charge is 0.218 e. The maximum atomic E-state index is 9.49. The number of ether oxygens (including phenoxy) is 1. The molecule has 13 heavy (non-hydrogen) atoms. The minimum atomic E-state index is -0.545. The van der Waals surface area contributed by atoms with E-state index in [1.54, 1.807) is 11.6 Å². The molecule has 1 aliphatic rings. The van der Waals surface area contributed by atoms with E-state index in [1.165, 1.54) is 0 Å². The molecule has 1 aliphatic heterocycles. The van der Waals surface area contributed by atoms with E-state index < -0.39 is 6.10 Å². The topological polar surface area (TPSA) is 47.3 Å². The lowest BCUT2D eigenvalue weighted by molar-refractivity contribution is 0.180. The molecule has 0 fully saturated rings. The number of fused-ring (bicyclic) bond motifs is 1. The van der Waals surface area contributed by atoms with Crippen LogP contribution in [0, 0.1) is 0 Å². The molecule has 1 atom stereocenters. The van der Waals surface area contributed by atoms with E-state index in [4.69, 9.17) is 4.74 Å². The molecule has 0 aromatic carbocycles. The van der Waals surface area contributed by atoms with Crippen molar-refractivity contribution < 1.29 is 9.84 Å². The van der Waals surface area contributed by atoms with Crippen LogP contribution in [-0.2, 0) is 6.54 Å². The average molecular weight is 247 g/mol. The largest absolute Gasteiger partial charge is 0.477 e. The van der Waals surface area contributed by atoms with Crippen LogP contribution in [0.15, 0.2) is 4.60 Å². The number of hydrogen-bond acceptors (Lipinski definition) is 3. The van der Waals surface area contributed by atoms with Crippen LogP contribution in [0.5, 0.6) is 5.88 Å². The first kappa shape index (κ1) is 9.02. The van der Waals surface area contributed by atoms with Crippen molar-refractivity contribution in [2.24, 2.45) is 0 Å². The minimum absolute atomic E-state index is 0.545. The molecule has 0 aliphatic carbocycles. The lowest BCUT2D eigenvalue weighted by Crippen LogP contribution is -2.15. The van der Waals surface area contributed by atoms with E-state index in [0.717, 1.165) is 18.5 Å². The molecule has 0 saturated carbocycles. The van der Waals surface area contributed by atoms with Crippen molar-refractivity contribution in [2.75, 3.05) is 6.61 Å². The Kier molecular flexibility index (Phi) is 2.29. The number of aliphatic hydroxyl groups is 1. The second kappa shape index (κ2) is 3.31. The molecule has 0 amide bonds. The van der Waals surface area contributed by atoms with Gasteiger partial charge in [-0.3, -0.25) is 0 Å². The highest BCUT2D eigenvalue weighted by molar-refractivity contribution is 9.10. The van der Waals surface area contributed by atoms with E-state index in [2.05, 4.69) is 21.0 Å². The van der Waals surface area contributed by atoms with E-state index in [9.17, 15) is 5.11 Å². The van der Waals surface area contributed by atoms with Crippen molar-refractivity contribution in [1.82, 2.24) is 9.78 Å². The van der Waals surface area contributed by atoms with Crippen LogP contribution in [0.3, 0.4) is 0 Å². The molecule has 2 heterocycles. The van der Waals surface area contributed by atoms with Gasteiger partial charge in [0.2, 0.25) is 5.88 Å². The number of rotatable bonds is 1. The molecular weight excluding hydrogens is 236 g/mol. The fourth-order valence-corrected chi connectivity index (χ4v) is 2.16. The van der Waals surface area contributed by atoms with Crippen molar-refractivity contribution in [3.63, 3.8) is 0 Å². The van der Waals surface area contributed by atoms with Gasteiger partial charge in [-0.2, -0.15) is 5.10 Å². The minimum Gasteiger partial charge on any atom is -0.477 e. The fraction of sp³-hybridized carbons (Fsp3) is 0.625. The molecule has 1 aromatic heterocycles. The van der Waals surface area contributed by atoms with Gasteiger partial charge in [-0.05, 0) is 22.9 Å². The van der Waals surface area contributed by atoms with Crippen molar-refractivity contribution in [2.45, 2.75) is 26.0 Å². The normalized spacial score (nSPS) is 17.8. The van der Waals surface area contributed by atoms with Crippen molar-refractivity contribution >= 4 is 15.9 Å². The van der Waals surface area contributed by atoms with Crippen LogP contribution >= 0.6 is 15.9 Å². The predicted molar refractivity (Wildman–Crippen MR) is 50.7 cm³/mol. The molecule has 1 N–H and O–H groups in total. The molecule has 0 saturated heterocycles. The zero-order valence-electron chi connectivity index (χ0n) is 7.33. The monoisotopic (exact) mass is 246 g/mol. The zero-order valence-corrected chi connectivity index (χ0v) is 8.91. The first-order chi connectivity index (χ1) is 6.20. The van der Waals surface area contributed by atoms with Gasteiger partial charge in [0.1, 0.15) is 4.60 Å². The van der Waals surface area contributed by atoms with Gasteiger partial charge in [0.15, 0.2) is 0 Å². The quantitative estimate of drug-likeness (QED) is 0.817. The van der Waals surface area contributed by atoms with Crippen LogP contribution < -0.4 is 4.74 Å². The van der Waals surface area contributed by atoms with Crippen LogP contribution in [0.2, 0.25) is 0 Å². The summed E-state index contributed by atoms with van der Waals surface area (Å²) in [4.78, 5) is 0. The average Bonchev–Trinajstić information content (AvgIpc) is 2.39. The van der Waals surface area contributed by atoms with Gasteiger partial charge < -0.3 is 9.84 Å². The summed E-state index contributed by atoms with van der Waals surface area (Å²) in [5, 5.41) is 13.7. The fourth-order valence-electron chi connectivity index (χ4n) is 1.47. The summed E-state index contributed by atoms with van der Waals surface area (Å²) >= 11 is 3.31. The second-order valence-corrected chi connectivity index (χ2v) is 3.86. The molecule has 0 radical (unpaired) electrons. The lowest BCUT2D eigenvalue weighted by atomic mass is 10.2. The summed E-state index contributed by atoms with van der Waals surface area (Å²) in [7, 11) is 0. The first-order valence-electron chi connectivity index (χ1n) is 4.27. The second-order valence-electron chi connectivity index (χ2n) is 3.11. The summed E-state index contributed by atoms with van der Waals surface area (Å²) in [5.74, 6) is 0.702. The summed E-state index contributed by atoms with van der Waals surface area (Å²) in [6, 6.07) is 0. The van der Waals surface area contributed by atoms with Crippen LogP contribution in [0.4, 0.5) is 0 Å². The van der Waals surface area contributed by atoms with Gasteiger partial charge in [-0.1, -0.05) is 0 Å². The highest BCUT2D eigenvalue weighted by Gasteiger charge is 2.23. The van der Waals surface area contributed by atoms with E-state index in [-0.39, 0.29) is 0 Å². The van der Waals surface area contributed by atoms with Gasteiger partial charge in [0.25, 0.3) is 0 Å². The predicted octanol–water partition coefficient (Wildman–Crippen LogP) is 1.48. The summed E-state index contributed by atoms with van der Waals surface area (Å²) in [5.41, 5.74) is 0.750. The number of nitrogens with zero attached hydrogens (tertiary/aromatic N) is 2. The van der Waals surface area contributed by atoms with Gasteiger partial charge >= 0.3 is 0 Å². The highest BCUT2D eigenvalue weighted by atomic mass is 79.9. The Morgan fingerprint density at radius 2 is 2.46 bits per heavy atom. The standard InChI is InChI=1S/C8H11BrN2O2/c1-5(12)6-7(9)10-11-3-2-4-13-8(6)11/h5,12H,2-4H2,1H3. The number of aliphatic hydroxyl groups excluding tert-OH is 1. The van der Waals surface area contributed by atoms with Crippen molar-refractivity contribution in [1.29, 1.82) is 0 Å². The van der Waals surface area contributed by atoms with Gasteiger partial charge in [-0.15, -0.1) is 0 Å². The van der Waals surface area contributed by atoms with E-state index >= 15 is 0 Å².